The van der Waals surface area contributed by atoms with E-state index in [2.05, 4.69) is 5.16 Å². The van der Waals surface area contributed by atoms with Crippen LogP contribution in [0.2, 0.25) is 0 Å². The van der Waals surface area contributed by atoms with Crippen LogP contribution in [0.3, 0.4) is 0 Å². The van der Waals surface area contributed by atoms with Crippen molar-refractivity contribution in [1.29, 1.82) is 0 Å². The largest absolute Gasteiger partial charge is 0.410 e. The Morgan fingerprint density at radius 1 is 1.00 bits per heavy atom. The minimum atomic E-state index is -0.434. The van der Waals surface area contributed by atoms with Crippen LogP contribution >= 0.6 is 0 Å². The van der Waals surface area contributed by atoms with E-state index in [1.165, 1.54) is 12.1 Å². The van der Waals surface area contributed by atoms with Gasteiger partial charge >= 0.3 is 0 Å². The van der Waals surface area contributed by atoms with Crippen molar-refractivity contribution >= 4 is 11.4 Å². The summed E-state index contributed by atoms with van der Waals surface area (Å²) in [5.74, 6) is 0. The van der Waals surface area contributed by atoms with Gasteiger partial charge in [-0.15, -0.1) is 0 Å². The Morgan fingerprint density at radius 3 is 2.33 bits per heavy atom. The molecule has 0 saturated carbocycles. The predicted octanol–water partition coefficient (Wildman–Crippen LogP) is 2.80. The SMILES string of the molecule is O=[N+]([O-])c1ccc2c(c1)-c1ccccc1/C2=N/O. The highest BCUT2D eigenvalue weighted by Gasteiger charge is 2.26. The van der Waals surface area contributed by atoms with Crippen LogP contribution in [-0.4, -0.2) is 15.8 Å². The average molecular weight is 240 g/mol. The number of rotatable bonds is 1. The van der Waals surface area contributed by atoms with Gasteiger partial charge in [0, 0.05) is 23.3 Å². The zero-order valence-electron chi connectivity index (χ0n) is 9.20. The number of benzene rings is 2. The molecule has 2 aromatic rings. The van der Waals surface area contributed by atoms with Crippen molar-refractivity contribution in [2.24, 2.45) is 5.16 Å². The summed E-state index contributed by atoms with van der Waals surface area (Å²) in [4.78, 5) is 10.4. The Bertz CT molecular complexity index is 692. The first-order chi connectivity index (χ1) is 8.72. The molecule has 88 valence electrons. The van der Waals surface area contributed by atoms with Crippen LogP contribution in [-0.2, 0) is 0 Å². The van der Waals surface area contributed by atoms with Crippen molar-refractivity contribution in [1.82, 2.24) is 0 Å². The molecule has 1 aliphatic rings. The quantitative estimate of drug-likeness (QED) is 0.403. The number of hydrogen-bond acceptors (Lipinski definition) is 4. The highest BCUT2D eigenvalue weighted by Crippen LogP contribution is 2.38. The minimum Gasteiger partial charge on any atom is -0.410 e. The Labute approximate surface area is 102 Å². The number of oxime groups is 1. The van der Waals surface area contributed by atoms with Crippen LogP contribution in [0.5, 0.6) is 0 Å². The van der Waals surface area contributed by atoms with E-state index in [9.17, 15) is 10.1 Å². The third-order valence-corrected chi connectivity index (χ3v) is 3.04. The maximum atomic E-state index is 10.8. The van der Waals surface area contributed by atoms with Gasteiger partial charge in [-0.05, 0) is 17.2 Å². The maximum absolute atomic E-state index is 10.8. The molecule has 5 nitrogen and oxygen atoms in total. The molecule has 18 heavy (non-hydrogen) atoms. The summed E-state index contributed by atoms with van der Waals surface area (Å²) in [7, 11) is 0. The molecule has 0 aromatic heterocycles. The van der Waals surface area contributed by atoms with Crippen molar-refractivity contribution in [2.45, 2.75) is 0 Å². The van der Waals surface area contributed by atoms with Crippen LogP contribution in [0.1, 0.15) is 11.1 Å². The number of nitrogens with zero attached hydrogens (tertiary/aromatic N) is 2. The summed E-state index contributed by atoms with van der Waals surface area (Å²) in [5.41, 5.74) is 3.56. The second-order valence-corrected chi connectivity index (χ2v) is 3.98. The first-order valence-electron chi connectivity index (χ1n) is 5.33. The smallest absolute Gasteiger partial charge is 0.270 e. The van der Waals surface area contributed by atoms with Gasteiger partial charge in [-0.3, -0.25) is 10.1 Å². The second-order valence-electron chi connectivity index (χ2n) is 3.98. The van der Waals surface area contributed by atoms with Gasteiger partial charge in [0.1, 0.15) is 5.71 Å². The fraction of sp³-hybridized carbons (Fsp3) is 0. The zero-order chi connectivity index (χ0) is 12.7. The van der Waals surface area contributed by atoms with E-state index < -0.39 is 4.92 Å². The van der Waals surface area contributed by atoms with Crippen LogP contribution in [0.25, 0.3) is 11.1 Å². The van der Waals surface area contributed by atoms with Crippen LogP contribution in [0.15, 0.2) is 47.6 Å². The highest BCUT2D eigenvalue weighted by atomic mass is 16.6. The van der Waals surface area contributed by atoms with Crippen molar-refractivity contribution in [3.05, 3.63) is 63.7 Å². The van der Waals surface area contributed by atoms with Gasteiger partial charge in [0.15, 0.2) is 0 Å². The summed E-state index contributed by atoms with van der Waals surface area (Å²) in [6.45, 7) is 0. The minimum absolute atomic E-state index is 0.0303. The zero-order valence-corrected chi connectivity index (χ0v) is 9.20. The molecule has 3 rings (SSSR count). The second kappa shape index (κ2) is 3.66. The van der Waals surface area contributed by atoms with Gasteiger partial charge in [-0.25, -0.2) is 0 Å². The molecule has 0 spiro atoms. The van der Waals surface area contributed by atoms with Crippen LogP contribution in [0.4, 0.5) is 5.69 Å². The van der Waals surface area contributed by atoms with Gasteiger partial charge < -0.3 is 5.21 Å². The number of hydrogen-bond donors (Lipinski definition) is 1. The van der Waals surface area contributed by atoms with Crippen molar-refractivity contribution in [3.8, 4) is 11.1 Å². The molecule has 2 aromatic carbocycles. The molecule has 0 atom stereocenters. The van der Waals surface area contributed by atoms with E-state index in [0.717, 1.165) is 16.7 Å². The van der Waals surface area contributed by atoms with Gasteiger partial charge in [0.2, 0.25) is 0 Å². The Morgan fingerprint density at radius 2 is 1.67 bits per heavy atom. The lowest BCUT2D eigenvalue weighted by atomic mass is 10.1. The van der Waals surface area contributed by atoms with Crippen molar-refractivity contribution in [2.75, 3.05) is 0 Å². The Kier molecular flexibility index (Phi) is 2.13. The fourth-order valence-electron chi connectivity index (χ4n) is 2.25. The van der Waals surface area contributed by atoms with E-state index >= 15 is 0 Å². The summed E-state index contributed by atoms with van der Waals surface area (Å²) in [6, 6.07) is 11.9. The molecular formula is C13H8N2O3. The Balaban J connectivity index is 2.33. The maximum Gasteiger partial charge on any atom is 0.270 e. The standard InChI is InChI=1S/C13H8N2O3/c16-14-13-10-4-2-1-3-9(10)12-7-8(15(17)18)5-6-11(12)13/h1-7,16H/b14-13-. The molecule has 1 aliphatic carbocycles. The molecule has 0 aliphatic heterocycles. The monoisotopic (exact) mass is 240 g/mol. The third-order valence-electron chi connectivity index (χ3n) is 3.04. The van der Waals surface area contributed by atoms with Gasteiger partial charge in [-0.1, -0.05) is 29.4 Å². The van der Waals surface area contributed by atoms with E-state index in [-0.39, 0.29) is 5.69 Å². The Hall–Kier alpha value is -2.69. The molecule has 0 unspecified atom stereocenters. The van der Waals surface area contributed by atoms with Crippen LogP contribution < -0.4 is 0 Å². The van der Waals surface area contributed by atoms with Gasteiger partial charge in [0.05, 0.1) is 4.92 Å². The normalized spacial score (nSPS) is 14.3. The molecule has 1 N–H and O–H groups in total. The molecule has 0 amide bonds. The van der Waals surface area contributed by atoms with Gasteiger partial charge in [-0.2, -0.15) is 0 Å². The topological polar surface area (TPSA) is 75.7 Å². The number of non-ortho nitro benzene ring substituents is 1. The molecule has 0 fully saturated rings. The highest BCUT2D eigenvalue weighted by molar-refractivity contribution is 6.24. The molecule has 0 radical (unpaired) electrons. The number of fused-ring (bicyclic) bond motifs is 3. The fourth-order valence-corrected chi connectivity index (χ4v) is 2.25. The summed E-state index contributed by atoms with van der Waals surface area (Å²) < 4.78 is 0. The van der Waals surface area contributed by atoms with Gasteiger partial charge in [0.25, 0.3) is 5.69 Å². The summed E-state index contributed by atoms with van der Waals surface area (Å²) in [6.07, 6.45) is 0. The molecule has 0 bridgehead atoms. The van der Waals surface area contributed by atoms with E-state index in [0.29, 0.717) is 11.3 Å². The van der Waals surface area contributed by atoms with E-state index in [1.807, 2.05) is 24.3 Å². The number of nitro groups is 1. The van der Waals surface area contributed by atoms with Crippen molar-refractivity contribution in [3.63, 3.8) is 0 Å². The lowest BCUT2D eigenvalue weighted by Gasteiger charge is -1.99. The summed E-state index contributed by atoms with van der Waals surface area (Å²) in [5, 5.41) is 23.2. The molecule has 0 heterocycles. The number of nitro benzene ring substituents is 1. The molecule has 0 saturated heterocycles. The van der Waals surface area contributed by atoms with E-state index in [1.54, 1.807) is 6.07 Å². The summed E-state index contributed by atoms with van der Waals surface area (Å²) >= 11 is 0. The first kappa shape index (κ1) is 10.5. The predicted molar refractivity (Wildman–Crippen MR) is 66.0 cm³/mol. The first-order valence-corrected chi connectivity index (χ1v) is 5.33. The average Bonchev–Trinajstić information content (AvgIpc) is 2.71. The molecular weight excluding hydrogens is 232 g/mol. The third kappa shape index (κ3) is 1.31. The van der Waals surface area contributed by atoms with E-state index in [4.69, 9.17) is 5.21 Å². The molecule has 5 heteroatoms. The van der Waals surface area contributed by atoms with Crippen molar-refractivity contribution < 1.29 is 10.1 Å². The van der Waals surface area contributed by atoms with Crippen LogP contribution in [0, 0.1) is 10.1 Å². The lowest BCUT2D eigenvalue weighted by molar-refractivity contribution is -0.384. The lowest BCUT2D eigenvalue weighted by Crippen LogP contribution is -1.97.